The van der Waals surface area contributed by atoms with E-state index in [0.29, 0.717) is 36.6 Å². The van der Waals surface area contributed by atoms with Gasteiger partial charge in [-0.25, -0.2) is 4.68 Å². The van der Waals surface area contributed by atoms with Gasteiger partial charge in [-0.1, -0.05) is 12.1 Å². The Morgan fingerprint density at radius 1 is 1.00 bits per heavy atom. The van der Waals surface area contributed by atoms with Gasteiger partial charge in [0.1, 0.15) is 6.33 Å². The maximum atomic E-state index is 13.0. The molecule has 1 aromatic heterocycles. The molecule has 2 aromatic carbocycles. The van der Waals surface area contributed by atoms with E-state index in [9.17, 15) is 18.0 Å². The zero-order chi connectivity index (χ0) is 23.3. The Morgan fingerprint density at radius 3 is 2.48 bits per heavy atom. The van der Waals surface area contributed by atoms with Crippen LogP contribution in [0.4, 0.5) is 18.9 Å². The minimum absolute atomic E-state index is 0.167. The van der Waals surface area contributed by atoms with Gasteiger partial charge >= 0.3 is 6.18 Å². The third kappa shape index (κ3) is 5.86. The third-order valence-electron chi connectivity index (χ3n) is 5.57. The van der Waals surface area contributed by atoms with Crippen LogP contribution in [0.25, 0.3) is 5.69 Å². The number of alkyl halides is 3. The number of hydrogen-bond donors (Lipinski definition) is 1. The summed E-state index contributed by atoms with van der Waals surface area (Å²) in [4.78, 5) is 16.7. The van der Waals surface area contributed by atoms with Gasteiger partial charge in [-0.05, 0) is 59.8 Å². The minimum atomic E-state index is -4.34. The fourth-order valence-corrected chi connectivity index (χ4v) is 3.78. The van der Waals surface area contributed by atoms with Crippen LogP contribution in [0.5, 0.6) is 0 Å². The van der Waals surface area contributed by atoms with Gasteiger partial charge in [0.15, 0.2) is 0 Å². The van der Waals surface area contributed by atoms with Gasteiger partial charge in [0, 0.05) is 44.0 Å². The van der Waals surface area contributed by atoms with E-state index in [1.54, 1.807) is 24.3 Å². The molecule has 0 spiro atoms. The summed E-state index contributed by atoms with van der Waals surface area (Å²) in [6.45, 7) is 4.19. The molecular weight excluding hydrogens is 435 g/mol. The highest BCUT2D eigenvalue weighted by atomic mass is 19.4. The zero-order valence-corrected chi connectivity index (χ0v) is 17.9. The first-order valence-corrected chi connectivity index (χ1v) is 10.7. The standard InChI is InChI=1S/C22H24F3N7O/c23-22(24,25)18-5-2-6-19(15-18)31-12-10-30(11-13-31)9-3-8-26-21(33)17-4-1-7-20(14-17)32-16-27-28-29-32/h1-2,4-7,14-16H,3,8-13H2,(H,26,33). The Labute approximate surface area is 189 Å². The van der Waals surface area contributed by atoms with Crippen LogP contribution in [0.3, 0.4) is 0 Å². The van der Waals surface area contributed by atoms with E-state index < -0.39 is 11.7 Å². The van der Waals surface area contributed by atoms with Crippen LogP contribution >= 0.6 is 0 Å². The first-order chi connectivity index (χ1) is 15.9. The van der Waals surface area contributed by atoms with E-state index in [-0.39, 0.29) is 5.91 Å². The highest BCUT2D eigenvalue weighted by Crippen LogP contribution is 2.31. The molecule has 0 saturated carbocycles. The molecule has 8 nitrogen and oxygen atoms in total. The van der Waals surface area contributed by atoms with Gasteiger partial charge in [-0.15, -0.1) is 5.10 Å². The number of halogens is 3. The van der Waals surface area contributed by atoms with Crippen molar-refractivity contribution in [3.8, 4) is 5.69 Å². The summed E-state index contributed by atoms with van der Waals surface area (Å²) < 4.78 is 40.3. The molecule has 0 bridgehead atoms. The molecule has 0 unspecified atom stereocenters. The van der Waals surface area contributed by atoms with Crippen LogP contribution in [0.2, 0.25) is 0 Å². The number of amides is 1. The maximum absolute atomic E-state index is 13.0. The number of benzene rings is 2. The van der Waals surface area contributed by atoms with Crippen molar-refractivity contribution in [1.82, 2.24) is 30.4 Å². The first-order valence-electron chi connectivity index (χ1n) is 10.7. The number of rotatable bonds is 7. The van der Waals surface area contributed by atoms with Crippen molar-refractivity contribution in [1.29, 1.82) is 0 Å². The molecule has 2 heterocycles. The van der Waals surface area contributed by atoms with Crippen LogP contribution in [-0.2, 0) is 6.18 Å². The van der Waals surface area contributed by atoms with Crippen molar-refractivity contribution < 1.29 is 18.0 Å². The molecule has 0 atom stereocenters. The molecule has 4 rings (SSSR count). The number of anilines is 1. The summed E-state index contributed by atoms with van der Waals surface area (Å²) >= 11 is 0. The van der Waals surface area contributed by atoms with E-state index in [2.05, 4.69) is 25.7 Å². The number of nitrogens with zero attached hydrogens (tertiary/aromatic N) is 6. The average Bonchev–Trinajstić information content (AvgIpc) is 3.37. The van der Waals surface area contributed by atoms with Crippen LogP contribution in [0.15, 0.2) is 54.9 Å². The van der Waals surface area contributed by atoms with Crippen molar-refractivity contribution in [3.05, 3.63) is 66.0 Å². The van der Waals surface area contributed by atoms with E-state index in [0.717, 1.165) is 32.1 Å². The molecule has 1 fully saturated rings. The van der Waals surface area contributed by atoms with Crippen LogP contribution in [-0.4, -0.2) is 70.3 Å². The summed E-state index contributed by atoms with van der Waals surface area (Å²) in [5.41, 5.74) is 1.20. The fourth-order valence-electron chi connectivity index (χ4n) is 3.78. The number of tetrazole rings is 1. The van der Waals surface area contributed by atoms with Crippen LogP contribution < -0.4 is 10.2 Å². The lowest BCUT2D eigenvalue weighted by Crippen LogP contribution is -2.47. The van der Waals surface area contributed by atoms with E-state index in [4.69, 9.17) is 0 Å². The number of aromatic nitrogens is 4. The molecule has 0 radical (unpaired) electrons. The Kier molecular flexibility index (Phi) is 6.87. The number of carbonyl (C=O) groups excluding carboxylic acids is 1. The quantitative estimate of drug-likeness (QED) is 0.548. The predicted octanol–water partition coefficient (Wildman–Crippen LogP) is 2.62. The topological polar surface area (TPSA) is 79.2 Å². The van der Waals surface area contributed by atoms with Crippen molar-refractivity contribution in [2.45, 2.75) is 12.6 Å². The van der Waals surface area contributed by atoms with Gasteiger partial charge in [0.2, 0.25) is 0 Å². The highest BCUT2D eigenvalue weighted by Gasteiger charge is 2.31. The molecule has 3 aromatic rings. The fraction of sp³-hybridized carbons (Fsp3) is 0.364. The lowest BCUT2D eigenvalue weighted by molar-refractivity contribution is -0.137. The zero-order valence-electron chi connectivity index (χ0n) is 17.9. The van der Waals surface area contributed by atoms with Crippen molar-refractivity contribution >= 4 is 11.6 Å². The summed E-state index contributed by atoms with van der Waals surface area (Å²) in [6, 6.07) is 12.5. The van der Waals surface area contributed by atoms with Gasteiger partial charge in [0.05, 0.1) is 11.3 Å². The monoisotopic (exact) mass is 459 g/mol. The Balaban J connectivity index is 1.20. The van der Waals surface area contributed by atoms with Crippen LogP contribution in [0.1, 0.15) is 22.3 Å². The van der Waals surface area contributed by atoms with Crippen molar-refractivity contribution in [2.24, 2.45) is 0 Å². The molecule has 33 heavy (non-hydrogen) atoms. The first kappa shape index (κ1) is 22.7. The Bertz CT molecular complexity index is 1060. The average molecular weight is 459 g/mol. The summed E-state index contributed by atoms with van der Waals surface area (Å²) in [6.07, 6.45) is -2.09. The molecular formula is C22H24F3N7O. The van der Waals surface area contributed by atoms with Crippen molar-refractivity contribution in [2.75, 3.05) is 44.2 Å². The van der Waals surface area contributed by atoms with Crippen molar-refractivity contribution in [3.63, 3.8) is 0 Å². The summed E-state index contributed by atoms with van der Waals surface area (Å²) in [5, 5.41) is 13.9. The van der Waals surface area contributed by atoms with Gasteiger partial charge < -0.3 is 10.2 Å². The van der Waals surface area contributed by atoms with Gasteiger partial charge in [-0.3, -0.25) is 9.69 Å². The summed E-state index contributed by atoms with van der Waals surface area (Å²) in [7, 11) is 0. The van der Waals surface area contributed by atoms with E-state index in [1.807, 2.05) is 11.0 Å². The number of hydrogen-bond acceptors (Lipinski definition) is 6. The molecule has 1 saturated heterocycles. The largest absolute Gasteiger partial charge is 0.416 e. The second-order valence-electron chi connectivity index (χ2n) is 7.79. The molecule has 1 aliphatic rings. The third-order valence-corrected chi connectivity index (χ3v) is 5.57. The Hall–Kier alpha value is -3.47. The number of carbonyl (C=O) groups is 1. The normalized spacial score (nSPS) is 14.9. The van der Waals surface area contributed by atoms with Crippen LogP contribution in [0, 0.1) is 0 Å². The second-order valence-corrected chi connectivity index (χ2v) is 7.79. The molecule has 1 N–H and O–H groups in total. The number of nitrogens with one attached hydrogen (secondary N) is 1. The second kappa shape index (κ2) is 9.99. The molecule has 1 amide bonds. The SMILES string of the molecule is O=C(NCCCN1CCN(c2cccc(C(F)(F)F)c2)CC1)c1cccc(-n2cnnn2)c1. The van der Waals surface area contributed by atoms with E-state index in [1.165, 1.54) is 23.1 Å². The summed E-state index contributed by atoms with van der Waals surface area (Å²) in [5.74, 6) is -0.167. The molecule has 174 valence electrons. The molecule has 11 heteroatoms. The Morgan fingerprint density at radius 2 is 1.76 bits per heavy atom. The van der Waals surface area contributed by atoms with Gasteiger partial charge in [0.25, 0.3) is 5.91 Å². The van der Waals surface area contributed by atoms with E-state index >= 15 is 0 Å². The highest BCUT2D eigenvalue weighted by molar-refractivity contribution is 5.94. The smallest absolute Gasteiger partial charge is 0.369 e. The lowest BCUT2D eigenvalue weighted by atomic mass is 10.1. The lowest BCUT2D eigenvalue weighted by Gasteiger charge is -2.36. The molecule has 1 aliphatic heterocycles. The predicted molar refractivity (Wildman–Crippen MR) is 116 cm³/mol. The minimum Gasteiger partial charge on any atom is -0.369 e. The number of piperazine rings is 1. The molecule has 0 aliphatic carbocycles. The maximum Gasteiger partial charge on any atom is 0.416 e. The van der Waals surface area contributed by atoms with Gasteiger partial charge in [-0.2, -0.15) is 13.2 Å².